The summed E-state index contributed by atoms with van der Waals surface area (Å²) < 4.78 is 0. The average Bonchev–Trinajstić information content (AvgIpc) is 2.38. The Morgan fingerprint density at radius 3 is 2.33 bits per heavy atom. The van der Waals surface area contributed by atoms with E-state index in [0.717, 1.165) is 0 Å². The molecule has 2 atom stereocenters. The highest BCUT2D eigenvalue weighted by Crippen LogP contribution is 2.20. The van der Waals surface area contributed by atoms with Gasteiger partial charge in [-0.2, -0.15) is 0 Å². The molecule has 0 aromatic heterocycles. The smallest absolute Gasteiger partial charge is 0.247 e. The number of carbonyl (C=O) groups is 2. The van der Waals surface area contributed by atoms with Crippen LogP contribution in [0.4, 0.5) is 0 Å². The summed E-state index contributed by atoms with van der Waals surface area (Å²) in [5, 5.41) is 2.62. The van der Waals surface area contributed by atoms with Crippen molar-refractivity contribution in [1.29, 1.82) is 0 Å². The van der Waals surface area contributed by atoms with E-state index in [1.807, 2.05) is 6.07 Å². The van der Waals surface area contributed by atoms with Crippen molar-refractivity contribution < 1.29 is 9.59 Å². The Hall–Kier alpha value is -1.88. The molecule has 2 amide bonds. The standard InChI is InChI=1S/C13H19N3O2/c1-3-10(14)11(17)16-13(2,12(15)18)9-7-5-4-6-8-9/h4-8,10H,3,14H2,1-2H3,(H2,15,18)(H,16,17)/t10-,13?/m0/s1. The van der Waals surface area contributed by atoms with E-state index >= 15 is 0 Å². The van der Waals surface area contributed by atoms with Crippen LogP contribution in [0.15, 0.2) is 30.3 Å². The molecule has 1 aromatic carbocycles. The average molecular weight is 249 g/mol. The zero-order valence-electron chi connectivity index (χ0n) is 10.6. The van der Waals surface area contributed by atoms with E-state index in [1.165, 1.54) is 0 Å². The van der Waals surface area contributed by atoms with E-state index in [9.17, 15) is 9.59 Å². The number of rotatable bonds is 5. The molecule has 98 valence electrons. The summed E-state index contributed by atoms with van der Waals surface area (Å²) in [6.45, 7) is 3.37. The van der Waals surface area contributed by atoms with Crippen LogP contribution in [0.25, 0.3) is 0 Å². The van der Waals surface area contributed by atoms with E-state index < -0.39 is 17.5 Å². The topological polar surface area (TPSA) is 98.2 Å². The summed E-state index contributed by atoms with van der Waals surface area (Å²) in [5.74, 6) is -1.01. The first-order valence-corrected chi connectivity index (χ1v) is 5.84. The van der Waals surface area contributed by atoms with Gasteiger partial charge in [-0.25, -0.2) is 0 Å². The third-order valence-electron chi connectivity index (χ3n) is 2.99. The van der Waals surface area contributed by atoms with Crippen molar-refractivity contribution in [3.63, 3.8) is 0 Å². The quantitative estimate of drug-likeness (QED) is 0.697. The maximum atomic E-state index is 11.8. The molecule has 0 bridgehead atoms. The van der Waals surface area contributed by atoms with E-state index in [0.29, 0.717) is 12.0 Å². The largest absolute Gasteiger partial charge is 0.367 e. The van der Waals surface area contributed by atoms with Crippen LogP contribution in [0.2, 0.25) is 0 Å². The molecule has 1 unspecified atom stereocenters. The van der Waals surface area contributed by atoms with E-state index in [-0.39, 0.29) is 5.91 Å². The van der Waals surface area contributed by atoms with Crippen molar-refractivity contribution in [2.45, 2.75) is 31.8 Å². The lowest BCUT2D eigenvalue weighted by Crippen LogP contribution is -2.56. The van der Waals surface area contributed by atoms with Gasteiger partial charge in [-0.05, 0) is 18.9 Å². The first-order valence-electron chi connectivity index (χ1n) is 5.84. The third-order valence-corrected chi connectivity index (χ3v) is 2.99. The molecule has 18 heavy (non-hydrogen) atoms. The van der Waals surface area contributed by atoms with Gasteiger partial charge in [0.15, 0.2) is 0 Å². The molecule has 0 aliphatic rings. The molecule has 0 heterocycles. The second kappa shape index (κ2) is 5.64. The lowest BCUT2D eigenvalue weighted by atomic mass is 9.90. The molecule has 1 aromatic rings. The molecule has 0 fully saturated rings. The molecule has 1 rings (SSSR count). The first-order chi connectivity index (χ1) is 8.41. The summed E-state index contributed by atoms with van der Waals surface area (Å²) >= 11 is 0. The second-order valence-electron chi connectivity index (χ2n) is 4.36. The zero-order valence-corrected chi connectivity index (χ0v) is 10.6. The maximum Gasteiger partial charge on any atom is 0.247 e. The van der Waals surface area contributed by atoms with Gasteiger partial charge in [0.25, 0.3) is 0 Å². The zero-order chi connectivity index (χ0) is 13.8. The molecule has 0 saturated carbocycles. The van der Waals surface area contributed by atoms with E-state index in [4.69, 9.17) is 11.5 Å². The number of nitrogens with one attached hydrogen (secondary N) is 1. The molecule has 0 aliphatic carbocycles. The molecule has 5 N–H and O–H groups in total. The van der Waals surface area contributed by atoms with Crippen LogP contribution < -0.4 is 16.8 Å². The normalized spacial score (nSPS) is 15.5. The van der Waals surface area contributed by atoms with E-state index in [2.05, 4.69) is 5.32 Å². The van der Waals surface area contributed by atoms with Crippen molar-refractivity contribution in [1.82, 2.24) is 5.32 Å². The minimum absolute atomic E-state index is 0.386. The Labute approximate surface area is 107 Å². The fraction of sp³-hybridized carbons (Fsp3) is 0.385. The Morgan fingerprint density at radius 2 is 1.89 bits per heavy atom. The number of hydrogen-bond acceptors (Lipinski definition) is 3. The highest BCUT2D eigenvalue weighted by molar-refractivity contribution is 5.92. The molecular formula is C13H19N3O2. The van der Waals surface area contributed by atoms with Crippen molar-refractivity contribution in [2.24, 2.45) is 11.5 Å². The number of hydrogen-bond donors (Lipinski definition) is 3. The van der Waals surface area contributed by atoms with Gasteiger partial charge in [-0.15, -0.1) is 0 Å². The van der Waals surface area contributed by atoms with Crippen molar-refractivity contribution in [3.05, 3.63) is 35.9 Å². The van der Waals surface area contributed by atoms with Crippen LogP contribution in [-0.2, 0) is 15.1 Å². The molecular weight excluding hydrogens is 230 g/mol. The Kier molecular flexibility index (Phi) is 4.44. The molecule has 0 spiro atoms. The fourth-order valence-electron chi connectivity index (χ4n) is 1.57. The summed E-state index contributed by atoms with van der Waals surface area (Å²) in [4.78, 5) is 23.5. The van der Waals surface area contributed by atoms with Gasteiger partial charge in [-0.3, -0.25) is 9.59 Å². The van der Waals surface area contributed by atoms with Gasteiger partial charge in [0.1, 0.15) is 5.54 Å². The van der Waals surface area contributed by atoms with Crippen LogP contribution in [0.3, 0.4) is 0 Å². The number of carbonyl (C=O) groups excluding carboxylic acids is 2. The van der Waals surface area contributed by atoms with Crippen LogP contribution >= 0.6 is 0 Å². The van der Waals surface area contributed by atoms with Crippen LogP contribution in [0.1, 0.15) is 25.8 Å². The Morgan fingerprint density at radius 1 is 1.33 bits per heavy atom. The number of benzene rings is 1. The third kappa shape index (κ3) is 2.87. The SMILES string of the molecule is CC[C@H](N)C(=O)NC(C)(C(N)=O)c1ccccc1. The summed E-state index contributed by atoms with van der Waals surface area (Å²) in [6.07, 6.45) is 0.496. The lowest BCUT2D eigenvalue weighted by Gasteiger charge is -2.29. The molecule has 0 saturated heterocycles. The second-order valence-corrected chi connectivity index (χ2v) is 4.36. The molecule has 5 nitrogen and oxygen atoms in total. The minimum atomic E-state index is -1.24. The van der Waals surface area contributed by atoms with Crippen molar-refractivity contribution in [3.8, 4) is 0 Å². The molecule has 0 aliphatic heterocycles. The minimum Gasteiger partial charge on any atom is -0.367 e. The van der Waals surface area contributed by atoms with Gasteiger partial charge in [0.05, 0.1) is 6.04 Å². The predicted octanol–water partition coefficient (Wildman–Crippen LogP) is 0.241. The van der Waals surface area contributed by atoms with Gasteiger partial charge < -0.3 is 16.8 Å². The number of primary amides is 1. The van der Waals surface area contributed by atoms with Crippen molar-refractivity contribution >= 4 is 11.8 Å². The fourth-order valence-corrected chi connectivity index (χ4v) is 1.57. The summed E-state index contributed by atoms with van der Waals surface area (Å²) in [6, 6.07) is 8.22. The first kappa shape index (κ1) is 14.2. The van der Waals surface area contributed by atoms with Gasteiger partial charge in [0.2, 0.25) is 11.8 Å². The lowest BCUT2D eigenvalue weighted by molar-refractivity contribution is -0.132. The van der Waals surface area contributed by atoms with Gasteiger partial charge >= 0.3 is 0 Å². The van der Waals surface area contributed by atoms with Gasteiger partial charge in [0, 0.05) is 0 Å². The summed E-state index contributed by atoms with van der Waals surface area (Å²) in [5.41, 5.74) is 10.4. The monoisotopic (exact) mass is 249 g/mol. The maximum absolute atomic E-state index is 11.8. The Balaban J connectivity index is 3.03. The number of amides is 2. The highest BCUT2D eigenvalue weighted by Gasteiger charge is 2.35. The van der Waals surface area contributed by atoms with E-state index in [1.54, 1.807) is 38.1 Å². The summed E-state index contributed by atoms with van der Waals surface area (Å²) in [7, 11) is 0. The predicted molar refractivity (Wildman–Crippen MR) is 69.4 cm³/mol. The highest BCUT2D eigenvalue weighted by atomic mass is 16.2. The molecule has 0 radical (unpaired) electrons. The van der Waals surface area contributed by atoms with Crippen LogP contribution in [0.5, 0.6) is 0 Å². The van der Waals surface area contributed by atoms with Crippen molar-refractivity contribution in [2.75, 3.05) is 0 Å². The number of nitrogens with two attached hydrogens (primary N) is 2. The van der Waals surface area contributed by atoms with Gasteiger partial charge in [-0.1, -0.05) is 37.3 Å². The van der Waals surface area contributed by atoms with Crippen LogP contribution in [-0.4, -0.2) is 17.9 Å². The Bertz CT molecular complexity index is 433. The van der Waals surface area contributed by atoms with Crippen LogP contribution in [0, 0.1) is 0 Å². The molecule has 5 heteroatoms.